The van der Waals surface area contributed by atoms with E-state index in [-0.39, 0.29) is 5.91 Å². The van der Waals surface area contributed by atoms with E-state index < -0.39 is 0 Å². The Hall–Kier alpha value is -2.33. The zero-order valence-electron chi connectivity index (χ0n) is 15.2. The van der Waals surface area contributed by atoms with Crippen LogP contribution in [0.15, 0.2) is 40.2 Å². The molecule has 3 nitrogen and oxygen atoms in total. The third-order valence-electron chi connectivity index (χ3n) is 4.47. The van der Waals surface area contributed by atoms with Crippen molar-refractivity contribution < 1.29 is 4.79 Å². The molecule has 0 bridgehead atoms. The van der Waals surface area contributed by atoms with Gasteiger partial charge in [-0.2, -0.15) is 0 Å². The molecule has 1 heterocycles. The Labute approximate surface area is 153 Å². The Morgan fingerprint density at radius 2 is 1.56 bits per heavy atom. The number of para-hydroxylation sites is 1. The Bertz CT molecular complexity index is 905. The molecule has 1 amide bonds. The molecule has 1 aliphatic rings. The number of amides is 1. The van der Waals surface area contributed by atoms with Gasteiger partial charge >= 0.3 is 0 Å². The number of aliphatic imine (C=N–C) groups is 1. The van der Waals surface area contributed by atoms with Crippen LogP contribution in [0.5, 0.6) is 0 Å². The van der Waals surface area contributed by atoms with Crippen LogP contribution >= 0.6 is 11.8 Å². The Kier molecular flexibility index (Phi) is 4.82. The summed E-state index contributed by atoms with van der Waals surface area (Å²) >= 11 is 1.40. The maximum Gasteiger partial charge on any atom is 0.264 e. The molecular weight excluding hydrogens is 328 g/mol. The number of carbonyl (C=O) groups is 1. The average Bonchev–Trinajstić information content (AvgIpc) is 2.88. The van der Waals surface area contributed by atoms with Crippen molar-refractivity contribution in [3.05, 3.63) is 68.6 Å². The smallest absolute Gasteiger partial charge is 0.264 e. The first-order valence-corrected chi connectivity index (χ1v) is 9.10. The van der Waals surface area contributed by atoms with E-state index in [1.54, 1.807) is 0 Å². The Morgan fingerprint density at radius 1 is 0.920 bits per heavy atom. The number of carbonyl (C=O) groups excluding carboxylic acids is 1. The fraction of sp³-hybridized carbons (Fsp3) is 0.238. The van der Waals surface area contributed by atoms with Gasteiger partial charge in [0.15, 0.2) is 5.17 Å². The first-order valence-electron chi connectivity index (χ1n) is 8.29. The van der Waals surface area contributed by atoms with Crippen molar-refractivity contribution in [2.75, 3.05) is 0 Å². The predicted octanol–water partition coefficient (Wildman–Crippen LogP) is 5.12. The molecular formula is C21H22N2OS. The van der Waals surface area contributed by atoms with Gasteiger partial charge < -0.3 is 5.32 Å². The second-order valence-corrected chi connectivity index (χ2v) is 7.55. The maximum atomic E-state index is 12.3. The second-order valence-electron chi connectivity index (χ2n) is 6.52. The lowest BCUT2D eigenvalue weighted by Gasteiger charge is -2.06. The van der Waals surface area contributed by atoms with E-state index in [9.17, 15) is 4.79 Å². The van der Waals surface area contributed by atoms with Gasteiger partial charge in [-0.1, -0.05) is 30.3 Å². The van der Waals surface area contributed by atoms with E-state index >= 15 is 0 Å². The number of amidine groups is 1. The van der Waals surface area contributed by atoms with Gasteiger partial charge in [0, 0.05) is 0 Å². The summed E-state index contributed by atoms with van der Waals surface area (Å²) in [7, 11) is 0. The lowest BCUT2D eigenvalue weighted by molar-refractivity contribution is -0.115. The molecule has 1 fully saturated rings. The summed E-state index contributed by atoms with van der Waals surface area (Å²) in [5.74, 6) is -0.0902. The van der Waals surface area contributed by atoms with Crippen LogP contribution in [0.2, 0.25) is 0 Å². The highest BCUT2D eigenvalue weighted by atomic mass is 32.2. The SMILES string of the molecule is Cc1cc(C)c(/C=C2\SC(=Nc3c(C)cccc3C)NC2=O)cc1C. The number of aryl methyl sites for hydroxylation is 5. The van der Waals surface area contributed by atoms with Gasteiger partial charge in [0.05, 0.1) is 10.6 Å². The summed E-state index contributed by atoms with van der Waals surface area (Å²) in [4.78, 5) is 17.7. The molecule has 0 aromatic heterocycles. The molecule has 1 N–H and O–H groups in total. The number of benzene rings is 2. The molecule has 1 aliphatic heterocycles. The topological polar surface area (TPSA) is 41.5 Å². The lowest BCUT2D eigenvalue weighted by Crippen LogP contribution is -2.19. The first kappa shape index (κ1) is 17.5. The van der Waals surface area contributed by atoms with E-state index in [0.29, 0.717) is 10.1 Å². The third kappa shape index (κ3) is 3.69. The number of thioether (sulfide) groups is 1. The van der Waals surface area contributed by atoms with E-state index in [2.05, 4.69) is 43.2 Å². The van der Waals surface area contributed by atoms with Crippen LogP contribution in [0.3, 0.4) is 0 Å². The Morgan fingerprint density at radius 3 is 2.24 bits per heavy atom. The van der Waals surface area contributed by atoms with Gasteiger partial charge in [-0.25, -0.2) is 4.99 Å². The predicted molar refractivity (Wildman–Crippen MR) is 107 cm³/mol. The molecule has 3 rings (SSSR count). The lowest BCUT2D eigenvalue weighted by atomic mass is 10.0. The highest BCUT2D eigenvalue weighted by molar-refractivity contribution is 8.18. The molecule has 1 saturated heterocycles. The van der Waals surface area contributed by atoms with E-state index in [4.69, 9.17) is 0 Å². The number of hydrogen-bond acceptors (Lipinski definition) is 3. The molecule has 0 unspecified atom stereocenters. The third-order valence-corrected chi connectivity index (χ3v) is 5.38. The molecule has 2 aromatic carbocycles. The molecule has 0 radical (unpaired) electrons. The molecule has 4 heteroatoms. The zero-order chi connectivity index (χ0) is 18.1. The van der Waals surface area contributed by atoms with Crippen LogP contribution in [0.4, 0.5) is 5.69 Å². The number of hydrogen-bond donors (Lipinski definition) is 1. The molecule has 128 valence electrons. The van der Waals surface area contributed by atoms with Gasteiger partial charge in [0.1, 0.15) is 0 Å². The molecule has 0 atom stereocenters. The highest BCUT2D eigenvalue weighted by Crippen LogP contribution is 2.31. The first-order chi connectivity index (χ1) is 11.8. The summed E-state index contributed by atoms with van der Waals surface area (Å²) in [6, 6.07) is 10.4. The summed E-state index contributed by atoms with van der Waals surface area (Å²) in [6.07, 6.45) is 1.95. The summed E-state index contributed by atoms with van der Waals surface area (Å²) < 4.78 is 0. The minimum Gasteiger partial charge on any atom is -0.300 e. The fourth-order valence-corrected chi connectivity index (χ4v) is 3.66. The van der Waals surface area contributed by atoms with E-state index in [1.807, 2.05) is 38.1 Å². The van der Waals surface area contributed by atoms with Crippen molar-refractivity contribution in [2.45, 2.75) is 34.6 Å². The van der Waals surface area contributed by atoms with E-state index in [0.717, 1.165) is 22.4 Å². The highest BCUT2D eigenvalue weighted by Gasteiger charge is 2.24. The molecule has 0 spiro atoms. The minimum atomic E-state index is -0.0902. The molecule has 0 saturated carbocycles. The second kappa shape index (κ2) is 6.89. The van der Waals surface area contributed by atoms with Crippen LogP contribution in [0, 0.1) is 34.6 Å². The van der Waals surface area contributed by atoms with Gasteiger partial charge in [0.25, 0.3) is 5.91 Å². The maximum absolute atomic E-state index is 12.3. The minimum absolute atomic E-state index is 0.0902. The normalized spacial score (nSPS) is 17.4. The van der Waals surface area contributed by atoms with Crippen molar-refractivity contribution in [1.29, 1.82) is 0 Å². The standard InChI is InChI=1S/C21H22N2OS/c1-12-7-6-8-13(2)19(12)22-21-23-20(24)18(25-21)11-17-10-15(4)14(3)9-16(17)5/h6-11H,1-5H3,(H,22,23,24)/b18-11-. The van der Waals surface area contributed by atoms with Crippen LogP contribution in [-0.4, -0.2) is 11.1 Å². The van der Waals surface area contributed by atoms with Gasteiger partial charge in [-0.3, -0.25) is 4.79 Å². The van der Waals surface area contributed by atoms with Crippen molar-refractivity contribution in [1.82, 2.24) is 5.32 Å². The summed E-state index contributed by atoms with van der Waals surface area (Å²) in [5, 5.41) is 3.51. The number of rotatable bonds is 2. The molecule has 25 heavy (non-hydrogen) atoms. The molecule has 2 aromatic rings. The average molecular weight is 350 g/mol. The summed E-state index contributed by atoms with van der Waals surface area (Å²) in [5.41, 5.74) is 7.87. The number of nitrogens with one attached hydrogen (secondary N) is 1. The van der Waals surface area contributed by atoms with Crippen LogP contribution in [0.1, 0.15) is 33.4 Å². The van der Waals surface area contributed by atoms with Gasteiger partial charge in [-0.15, -0.1) is 0 Å². The quantitative estimate of drug-likeness (QED) is 0.764. The van der Waals surface area contributed by atoms with Crippen LogP contribution < -0.4 is 5.32 Å². The van der Waals surface area contributed by atoms with Crippen molar-refractivity contribution in [3.63, 3.8) is 0 Å². The van der Waals surface area contributed by atoms with Crippen molar-refractivity contribution in [2.24, 2.45) is 4.99 Å². The number of nitrogens with zero attached hydrogens (tertiary/aromatic N) is 1. The Balaban J connectivity index is 1.93. The summed E-state index contributed by atoms with van der Waals surface area (Å²) in [6.45, 7) is 10.3. The van der Waals surface area contributed by atoms with E-state index in [1.165, 1.54) is 28.5 Å². The van der Waals surface area contributed by atoms with Crippen molar-refractivity contribution in [3.8, 4) is 0 Å². The van der Waals surface area contributed by atoms with Crippen LogP contribution in [0.25, 0.3) is 6.08 Å². The van der Waals surface area contributed by atoms with Gasteiger partial charge in [0.2, 0.25) is 0 Å². The molecule has 0 aliphatic carbocycles. The van der Waals surface area contributed by atoms with Crippen molar-refractivity contribution >= 4 is 34.6 Å². The monoisotopic (exact) mass is 350 g/mol. The zero-order valence-corrected chi connectivity index (χ0v) is 16.0. The van der Waals surface area contributed by atoms with Gasteiger partial charge in [-0.05, 0) is 85.8 Å². The fourth-order valence-electron chi connectivity index (χ4n) is 2.84. The van der Waals surface area contributed by atoms with Crippen LogP contribution in [-0.2, 0) is 4.79 Å². The largest absolute Gasteiger partial charge is 0.300 e.